The number of rotatable bonds is 6. The van der Waals surface area contributed by atoms with Gasteiger partial charge in [-0.3, -0.25) is 4.79 Å². The number of aliphatic carboxylic acids is 1. The molecule has 1 heterocycles. The number of nitrogens with one attached hydrogen (secondary N) is 1. The molecule has 0 amide bonds. The van der Waals surface area contributed by atoms with E-state index in [1.807, 2.05) is 42.6 Å². The van der Waals surface area contributed by atoms with E-state index < -0.39 is 27.4 Å². The van der Waals surface area contributed by atoms with Crippen molar-refractivity contribution < 1.29 is 18.3 Å². The summed E-state index contributed by atoms with van der Waals surface area (Å²) in [5.74, 6) is -1.56. The Labute approximate surface area is 166 Å². The number of hydrogen-bond donors (Lipinski definition) is 2. The summed E-state index contributed by atoms with van der Waals surface area (Å²) in [6, 6.07) is 15.4. The number of nitrogens with zero attached hydrogens (tertiary/aromatic N) is 1. The second-order valence-corrected chi connectivity index (χ2v) is 9.57. The molecule has 1 aliphatic carbocycles. The third-order valence-electron chi connectivity index (χ3n) is 4.94. The fourth-order valence-corrected chi connectivity index (χ4v) is 5.37. The Bertz CT molecular complexity index is 1120. The topological polar surface area (TPSA) is 96.4 Å². The van der Waals surface area contributed by atoms with Gasteiger partial charge in [0, 0.05) is 16.9 Å². The predicted molar refractivity (Wildman–Crippen MR) is 107 cm³/mol. The van der Waals surface area contributed by atoms with E-state index >= 15 is 0 Å². The Morgan fingerprint density at radius 2 is 1.86 bits per heavy atom. The first-order chi connectivity index (χ1) is 13.3. The van der Waals surface area contributed by atoms with Gasteiger partial charge in [-0.15, -0.1) is 11.3 Å². The molecule has 0 unspecified atom stereocenters. The maximum Gasteiger partial charge on any atom is 0.325 e. The van der Waals surface area contributed by atoms with Gasteiger partial charge in [0.25, 0.3) is 0 Å². The van der Waals surface area contributed by atoms with Gasteiger partial charge >= 0.3 is 5.97 Å². The number of sulfonamides is 1. The highest BCUT2D eigenvalue weighted by Crippen LogP contribution is 2.52. The highest BCUT2D eigenvalue weighted by atomic mass is 32.2. The second kappa shape index (κ2) is 6.80. The van der Waals surface area contributed by atoms with E-state index in [2.05, 4.69) is 9.71 Å². The monoisotopic (exact) mass is 414 g/mol. The van der Waals surface area contributed by atoms with Gasteiger partial charge in [-0.05, 0) is 31.0 Å². The molecule has 0 bridgehead atoms. The van der Waals surface area contributed by atoms with E-state index in [1.165, 1.54) is 23.5 Å². The van der Waals surface area contributed by atoms with Gasteiger partial charge in [0.15, 0.2) is 0 Å². The largest absolute Gasteiger partial charge is 0.480 e. The van der Waals surface area contributed by atoms with Gasteiger partial charge in [-0.25, -0.2) is 13.4 Å². The number of hydrogen-bond acceptors (Lipinski definition) is 5. The van der Waals surface area contributed by atoms with E-state index in [4.69, 9.17) is 0 Å². The maximum absolute atomic E-state index is 12.8. The first-order valence-corrected chi connectivity index (χ1v) is 11.0. The normalized spacial score (nSPS) is 21.4. The summed E-state index contributed by atoms with van der Waals surface area (Å²) in [5, 5.41) is 12.5. The zero-order valence-corrected chi connectivity index (χ0v) is 16.6. The smallest absolute Gasteiger partial charge is 0.325 e. The Balaban J connectivity index is 1.59. The minimum absolute atomic E-state index is 0.0301. The lowest BCUT2D eigenvalue weighted by molar-refractivity contribution is -0.140. The van der Waals surface area contributed by atoms with E-state index in [-0.39, 0.29) is 11.3 Å². The number of carbonyl (C=O) groups is 1. The average molecular weight is 415 g/mol. The number of aryl methyl sites for hydroxylation is 1. The molecular weight excluding hydrogens is 396 g/mol. The SMILES string of the molecule is Cc1nc(-c2ccc(S(=O)(=O)N[C@]3(C(=O)O)C[C@H]3c3ccccc3)cc2)cs1. The lowest BCUT2D eigenvalue weighted by atomic mass is 10.1. The molecule has 1 aromatic heterocycles. The fraction of sp³-hybridized carbons (Fsp3) is 0.200. The molecule has 2 aromatic carbocycles. The third-order valence-corrected chi connectivity index (χ3v) is 7.24. The number of carboxylic acids is 1. The van der Waals surface area contributed by atoms with Crippen molar-refractivity contribution in [1.29, 1.82) is 0 Å². The number of benzene rings is 2. The van der Waals surface area contributed by atoms with Crippen molar-refractivity contribution in [3.8, 4) is 11.3 Å². The third kappa shape index (κ3) is 3.34. The van der Waals surface area contributed by atoms with Crippen LogP contribution in [0.2, 0.25) is 0 Å². The molecular formula is C20H18N2O4S2. The Morgan fingerprint density at radius 3 is 2.43 bits per heavy atom. The van der Waals surface area contributed by atoms with Crippen LogP contribution in [0, 0.1) is 6.92 Å². The summed E-state index contributed by atoms with van der Waals surface area (Å²) >= 11 is 1.52. The van der Waals surface area contributed by atoms with Crippen LogP contribution in [0.15, 0.2) is 64.9 Å². The van der Waals surface area contributed by atoms with Crippen LogP contribution in [0.4, 0.5) is 0 Å². The van der Waals surface area contributed by atoms with E-state index in [9.17, 15) is 18.3 Å². The molecule has 1 aliphatic rings. The molecule has 8 heteroatoms. The fourth-order valence-electron chi connectivity index (χ4n) is 3.34. The molecule has 2 atom stereocenters. The molecule has 144 valence electrons. The Morgan fingerprint density at radius 1 is 1.18 bits per heavy atom. The standard InChI is InChI=1S/C20H18N2O4S2/c1-13-21-18(12-27-13)15-7-9-16(10-8-15)28(25,26)22-20(19(23)24)11-17(20)14-5-3-2-4-6-14/h2-10,12,17,22H,11H2,1H3,(H,23,24)/t17-,20+/m0/s1. The van der Waals surface area contributed by atoms with Gasteiger partial charge in [-0.1, -0.05) is 42.5 Å². The molecule has 6 nitrogen and oxygen atoms in total. The van der Waals surface area contributed by atoms with Crippen LogP contribution < -0.4 is 4.72 Å². The van der Waals surface area contributed by atoms with Gasteiger partial charge in [-0.2, -0.15) is 4.72 Å². The summed E-state index contributed by atoms with van der Waals surface area (Å²) in [6.07, 6.45) is 0.224. The van der Waals surface area contributed by atoms with Gasteiger partial charge in [0.2, 0.25) is 10.0 Å². The lowest BCUT2D eigenvalue weighted by Crippen LogP contribution is -2.44. The van der Waals surface area contributed by atoms with Crippen molar-refractivity contribution in [3.05, 3.63) is 70.5 Å². The molecule has 2 N–H and O–H groups in total. The maximum atomic E-state index is 12.8. The summed E-state index contributed by atoms with van der Waals surface area (Å²) in [7, 11) is -3.98. The number of thiazole rings is 1. The number of aromatic nitrogens is 1. The number of carboxylic acid groups (broad SMARTS) is 1. The van der Waals surface area contributed by atoms with E-state index in [0.29, 0.717) is 0 Å². The lowest BCUT2D eigenvalue weighted by Gasteiger charge is -2.15. The van der Waals surface area contributed by atoms with Crippen molar-refractivity contribution in [1.82, 2.24) is 9.71 Å². The quantitative estimate of drug-likeness (QED) is 0.644. The second-order valence-electron chi connectivity index (χ2n) is 6.83. The molecule has 0 radical (unpaired) electrons. The minimum atomic E-state index is -3.98. The average Bonchev–Trinajstić information content (AvgIpc) is 3.24. The molecule has 0 spiro atoms. The van der Waals surface area contributed by atoms with Crippen LogP contribution in [0.1, 0.15) is 22.9 Å². The van der Waals surface area contributed by atoms with E-state index in [1.54, 1.807) is 12.1 Å². The first kappa shape index (κ1) is 18.8. The van der Waals surface area contributed by atoms with Crippen LogP contribution in [0.25, 0.3) is 11.3 Å². The molecule has 3 aromatic rings. The summed E-state index contributed by atoms with van der Waals surface area (Å²) in [6.45, 7) is 1.90. The van der Waals surface area contributed by atoms with Gasteiger partial charge in [0.1, 0.15) is 5.54 Å². The van der Waals surface area contributed by atoms with Crippen molar-refractivity contribution in [2.45, 2.75) is 29.7 Å². The molecule has 0 aliphatic heterocycles. The summed E-state index contributed by atoms with van der Waals surface area (Å²) < 4.78 is 28.1. The van der Waals surface area contributed by atoms with Crippen LogP contribution in [-0.2, 0) is 14.8 Å². The van der Waals surface area contributed by atoms with Crippen LogP contribution in [-0.4, -0.2) is 30.0 Å². The predicted octanol–water partition coefficient (Wildman–Crippen LogP) is 3.41. The highest BCUT2D eigenvalue weighted by molar-refractivity contribution is 7.89. The van der Waals surface area contributed by atoms with Gasteiger partial charge < -0.3 is 5.11 Å². The van der Waals surface area contributed by atoms with Crippen molar-refractivity contribution >= 4 is 27.3 Å². The molecule has 4 rings (SSSR count). The van der Waals surface area contributed by atoms with Crippen LogP contribution >= 0.6 is 11.3 Å². The zero-order valence-electron chi connectivity index (χ0n) is 15.0. The van der Waals surface area contributed by atoms with Crippen molar-refractivity contribution in [2.24, 2.45) is 0 Å². The van der Waals surface area contributed by atoms with Crippen molar-refractivity contribution in [3.63, 3.8) is 0 Å². The molecule has 1 fully saturated rings. The Hall–Kier alpha value is -2.55. The van der Waals surface area contributed by atoms with Crippen LogP contribution in [0.3, 0.4) is 0 Å². The van der Waals surface area contributed by atoms with E-state index in [0.717, 1.165) is 21.8 Å². The Kier molecular flexibility index (Phi) is 4.57. The van der Waals surface area contributed by atoms with Crippen molar-refractivity contribution in [2.75, 3.05) is 0 Å². The van der Waals surface area contributed by atoms with Gasteiger partial charge in [0.05, 0.1) is 15.6 Å². The summed E-state index contributed by atoms with van der Waals surface area (Å²) in [4.78, 5) is 16.3. The molecule has 28 heavy (non-hydrogen) atoms. The highest BCUT2D eigenvalue weighted by Gasteiger charge is 2.63. The summed E-state index contributed by atoms with van der Waals surface area (Å²) in [5.41, 5.74) is 0.893. The molecule has 1 saturated carbocycles. The zero-order chi connectivity index (χ0) is 19.9. The molecule has 0 saturated heterocycles. The first-order valence-electron chi connectivity index (χ1n) is 8.67. The minimum Gasteiger partial charge on any atom is -0.480 e. The van der Waals surface area contributed by atoms with Crippen LogP contribution in [0.5, 0.6) is 0 Å².